The van der Waals surface area contributed by atoms with E-state index in [0.29, 0.717) is 0 Å². The Hall–Kier alpha value is -1.18. The van der Waals surface area contributed by atoms with Gasteiger partial charge in [0.15, 0.2) is 5.82 Å². The fourth-order valence-electron chi connectivity index (χ4n) is 2.04. The lowest BCUT2D eigenvalue weighted by molar-refractivity contribution is 0.606. The number of hydrogen-bond acceptors (Lipinski definition) is 4. The quantitative estimate of drug-likeness (QED) is 0.775. The maximum Gasteiger partial charge on any atom is 0.180 e. The topological polar surface area (TPSA) is 55.6 Å². The van der Waals surface area contributed by atoms with Crippen LogP contribution in [0.3, 0.4) is 0 Å². The normalized spacial score (nSPS) is 10.8. The molecule has 20 heavy (non-hydrogen) atoms. The summed E-state index contributed by atoms with van der Waals surface area (Å²) >= 11 is 2.31. The largest absolute Gasteiger partial charge is 0.369 e. The SMILES string of the molecule is CCCn1nccc1-c1nc(CC)c(I)c(NCC)n1. The first-order valence-electron chi connectivity index (χ1n) is 7.03. The monoisotopic (exact) mass is 385 g/mol. The molecule has 0 aliphatic heterocycles. The highest BCUT2D eigenvalue weighted by Gasteiger charge is 2.14. The van der Waals surface area contributed by atoms with E-state index in [1.54, 1.807) is 0 Å². The van der Waals surface area contributed by atoms with Gasteiger partial charge in [-0.3, -0.25) is 4.68 Å². The van der Waals surface area contributed by atoms with Gasteiger partial charge in [0, 0.05) is 19.3 Å². The molecule has 0 bridgehead atoms. The zero-order chi connectivity index (χ0) is 14.5. The summed E-state index contributed by atoms with van der Waals surface area (Å²) in [6.07, 6.45) is 3.75. The van der Waals surface area contributed by atoms with Gasteiger partial charge in [0.05, 0.1) is 9.26 Å². The summed E-state index contributed by atoms with van der Waals surface area (Å²) in [4.78, 5) is 9.37. The van der Waals surface area contributed by atoms with Gasteiger partial charge in [0.25, 0.3) is 0 Å². The van der Waals surface area contributed by atoms with Gasteiger partial charge in [-0.2, -0.15) is 5.10 Å². The van der Waals surface area contributed by atoms with Gasteiger partial charge in [0.1, 0.15) is 11.5 Å². The van der Waals surface area contributed by atoms with Crippen molar-refractivity contribution in [1.29, 1.82) is 0 Å². The van der Waals surface area contributed by atoms with Crippen molar-refractivity contribution in [3.8, 4) is 11.5 Å². The van der Waals surface area contributed by atoms with E-state index in [0.717, 1.165) is 52.5 Å². The Morgan fingerprint density at radius 1 is 1.25 bits per heavy atom. The molecule has 0 atom stereocenters. The third-order valence-electron chi connectivity index (χ3n) is 2.98. The number of nitrogens with one attached hydrogen (secondary N) is 1. The van der Waals surface area contributed by atoms with Crippen LogP contribution in [0.2, 0.25) is 0 Å². The Labute approximate surface area is 133 Å². The molecule has 2 aromatic heterocycles. The summed E-state index contributed by atoms with van der Waals surface area (Å²) in [5, 5.41) is 7.67. The van der Waals surface area contributed by atoms with Gasteiger partial charge < -0.3 is 5.32 Å². The molecular formula is C14H20IN5. The van der Waals surface area contributed by atoms with Crippen molar-refractivity contribution in [1.82, 2.24) is 19.7 Å². The summed E-state index contributed by atoms with van der Waals surface area (Å²) < 4.78 is 3.08. The van der Waals surface area contributed by atoms with Gasteiger partial charge in [0.2, 0.25) is 0 Å². The number of aromatic nitrogens is 4. The van der Waals surface area contributed by atoms with E-state index in [2.05, 4.69) is 58.8 Å². The number of anilines is 1. The van der Waals surface area contributed by atoms with Crippen LogP contribution in [-0.2, 0) is 13.0 Å². The van der Waals surface area contributed by atoms with Crippen molar-refractivity contribution in [3.63, 3.8) is 0 Å². The predicted octanol–water partition coefficient (Wildman–Crippen LogP) is 3.35. The number of nitrogens with zero attached hydrogens (tertiary/aromatic N) is 4. The van der Waals surface area contributed by atoms with Crippen molar-refractivity contribution in [2.75, 3.05) is 11.9 Å². The molecule has 0 amide bonds. The third kappa shape index (κ3) is 3.11. The van der Waals surface area contributed by atoms with Crippen LogP contribution < -0.4 is 5.32 Å². The highest BCUT2D eigenvalue weighted by Crippen LogP contribution is 2.24. The second kappa shape index (κ2) is 7.01. The molecule has 108 valence electrons. The number of rotatable bonds is 6. The van der Waals surface area contributed by atoms with E-state index in [1.165, 1.54) is 0 Å². The molecule has 0 aliphatic carbocycles. The molecule has 2 rings (SSSR count). The van der Waals surface area contributed by atoms with Gasteiger partial charge in [-0.1, -0.05) is 13.8 Å². The Balaban J connectivity index is 2.50. The number of hydrogen-bond donors (Lipinski definition) is 1. The molecule has 6 heteroatoms. The van der Waals surface area contributed by atoms with Crippen LogP contribution in [-0.4, -0.2) is 26.3 Å². The molecule has 0 aliphatic rings. The van der Waals surface area contributed by atoms with E-state index in [1.807, 2.05) is 16.9 Å². The molecule has 0 aromatic carbocycles. The van der Waals surface area contributed by atoms with Crippen LogP contribution in [0.1, 0.15) is 32.9 Å². The predicted molar refractivity (Wildman–Crippen MR) is 89.8 cm³/mol. The van der Waals surface area contributed by atoms with Crippen LogP contribution in [0, 0.1) is 3.57 Å². The molecule has 5 nitrogen and oxygen atoms in total. The Morgan fingerprint density at radius 3 is 2.70 bits per heavy atom. The van der Waals surface area contributed by atoms with E-state index in [-0.39, 0.29) is 0 Å². The van der Waals surface area contributed by atoms with E-state index < -0.39 is 0 Å². The summed E-state index contributed by atoms with van der Waals surface area (Å²) in [5.41, 5.74) is 2.06. The fraction of sp³-hybridized carbons (Fsp3) is 0.500. The van der Waals surface area contributed by atoms with Gasteiger partial charge in [-0.05, 0) is 48.4 Å². The summed E-state index contributed by atoms with van der Waals surface area (Å²) in [6, 6.07) is 1.98. The maximum atomic E-state index is 4.70. The van der Waals surface area contributed by atoms with Crippen molar-refractivity contribution in [2.45, 2.75) is 40.2 Å². The summed E-state index contributed by atoms with van der Waals surface area (Å²) in [6.45, 7) is 8.07. The van der Waals surface area contributed by atoms with Crippen molar-refractivity contribution in [3.05, 3.63) is 21.5 Å². The molecule has 0 saturated carbocycles. The standard InChI is InChI=1S/C14H20IN5/c1-4-9-20-11(7-8-17-20)13-18-10(5-2)12(15)14(19-13)16-6-3/h7-8H,4-6,9H2,1-3H3,(H,16,18,19). The minimum absolute atomic E-state index is 0.754. The minimum Gasteiger partial charge on any atom is -0.369 e. The first-order chi connectivity index (χ1) is 9.71. The third-order valence-corrected chi connectivity index (χ3v) is 4.11. The van der Waals surface area contributed by atoms with Crippen LogP contribution in [0.4, 0.5) is 5.82 Å². The van der Waals surface area contributed by atoms with E-state index in [4.69, 9.17) is 4.98 Å². The molecule has 0 radical (unpaired) electrons. The molecule has 2 aromatic rings. The van der Waals surface area contributed by atoms with Gasteiger partial charge in [-0.15, -0.1) is 0 Å². The van der Waals surface area contributed by atoms with Crippen molar-refractivity contribution in [2.24, 2.45) is 0 Å². The average molecular weight is 385 g/mol. The lowest BCUT2D eigenvalue weighted by Gasteiger charge is -2.12. The highest BCUT2D eigenvalue weighted by atomic mass is 127. The van der Waals surface area contributed by atoms with Crippen molar-refractivity contribution >= 4 is 28.4 Å². The molecule has 0 saturated heterocycles. The zero-order valence-corrected chi connectivity index (χ0v) is 14.3. The molecular weight excluding hydrogens is 365 g/mol. The molecule has 2 heterocycles. The maximum absolute atomic E-state index is 4.70. The Bertz CT molecular complexity index is 579. The van der Waals surface area contributed by atoms with Crippen LogP contribution in [0.15, 0.2) is 12.3 Å². The molecule has 0 fully saturated rings. The lowest BCUT2D eigenvalue weighted by atomic mass is 10.3. The highest BCUT2D eigenvalue weighted by molar-refractivity contribution is 14.1. The van der Waals surface area contributed by atoms with Crippen LogP contribution >= 0.6 is 22.6 Å². The van der Waals surface area contributed by atoms with Crippen LogP contribution in [0.5, 0.6) is 0 Å². The van der Waals surface area contributed by atoms with Gasteiger partial charge >= 0.3 is 0 Å². The molecule has 1 N–H and O–H groups in total. The first-order valence-corrected chi connectivity index (χ1v) is 8.11. The average Bonchev–Trinajstić information content (AvgIpc) is 2.90. The van der Waals surface area contributed by atoms with Crippen molar-refractivity contribution < 1.29 is 0 Å². The van der Waals surface area contributed by atoms with Gasteiger partial charge in [-0.25, -0.2) is 9.97 Å². The minimum atomic E-state index is 0.754. The molecule has 0 unspecified atom stereocenters. The van der Waals surface area contributed by atoms with E-state index in [9.17, 15) is 0 Å². The smallest absolute Gasteiger partial charge is 0.180 e. The van der Waals surface area contributed by atoms with Crippen LogP contribution in [0.25, 0.3) is 11.5 Å². The summed E-state index contributed by atoms with van der Waals surface area (Å²) in [5.74, 6) is 1.67. The first kappa shape index (κ1) is 15.2. The fourth-order valence-corrected chi connectivity index (χ4v) is 2.85. The second-order valence-electron chi connectivity index (χ2n) is 4.48. The van der Waals surface area contributed by atoms with E-state index >= 15 is 0 Å². The molecule has 0 spiro atoms. The number of aryl methyl sites for hydroxylation is 2. The summed E-state index contributed by atoms with van der Waals surface area (Å²) in [7, 11) is 0. The Morgan fingerprint density at radius 2 is 2.05 bits per heavy atom. The Kier molecular flexibility index (Phi) is 5.33. The second-order valence-corrected chi connectivity index (χ2v) is 5.56. The lowest BCUT2D eigenvalue weighted by Crippen LogP contribution is -2.10. The number of halogens is 1. The zero-order valence-electron chi connectivity index (χ0n) is 12.1.